The van der Waals surface area contributed by atoms with Crippen molar-refractivity contribution >= 4 is 45.8 Å². The number of nitrogens with zero attached hydrogens (tertiary/aromatic N) is 3. The van der Waals surface area contributed by atoms with Crippen molar-refractivity contribution in [2.75, 3.05) is 59.0 Å². The van der Waals surface area contributed by atoms with Gasteiger partial charge in [0.2, 0.25) is 0 Å². The fourth-order valence-corrected chi connectivity index (χ4v) is 5.35. The van der Waals surface area contributed by atoms with Gasteiger partial charge in [0.25, 0.3) is 0 Å². The highest BCUT2D eigenvalue weighted by atomic mass is 79.9. The number of ether oxygens (including phenoxy) is 6. The third kappa shape index (κ3) is 25.8. The van der Waals surface area contributed by atoms with Crippen molar-refractivity contribution < 1.29 is 52.4 Å². The summed E-state index contributed by atoms with van der Waals surface area (Å²) in [6, 6.07) is 6.49. The number of carbonyl (C=O) groups is 5. The molecule has 0 aliphatic rings. The molecule has 0 unspecified atom stereocenters. The minimum Gasteiger partial charge on any atom is -0.492 e. The van der Waals surface area contributed by atoms with Gasteiger partial charge in [-0.05, 0) is 128 Å². The first-order valence-electron chi connectivity index (χ1n) is 18.9. The summed E-state index contributed by atoms with van der Waals surface area (Å²) >= 11 is 3.43. The molecule has 1 rings (SSSR count). The first-order chi connectivity index (χ1) is 25.3. The Bertz CT molecular complexity index is 1370. The second-order valence-electron chi connectivity index (χ2n) is 18.7. The highest BCUT2D eigenvalue weighted by molar-refractivity contribution is 9.10. The number of hydrogen-bond acceptors (Lipinski definition) is 14. The molecular formula is C41H68BrN3O11. The van der Waals surface area contributed by atoms with Crippen molar-refractivity contribution in [3.05, 3.63) is 28.7 Å². The average molecular weight is 859 g/mol. The molecule has 0 N–H and O–H groups in total. The maximum absolute atomic E-state index is 13.4. The van der Waals surface area contributed by atoms with Gasteiger partial charge in [-0.3, -0.25) is 38.7 Å². The van der Waals surface area contributed by atoms with Gasteiger partial charge in [0.05, 0.1) is 38.8 Å². The van der Waals surface area contributed by atoms with Crippen LogP contribution in [-0.2, 0) is 47.7 Å². The molecule has 0 fully saturated rings. The molecule has 0 amide bonds. The monoisotopic (exact) mass is 857 g/mol. The molecule has 320 valence electrons. The zero-order valence-corrected chi connectivity index (χ0v) is 38.0. The van der Waals surface area contributed by atoms with Gasteiger partial charge in [-0.25, -0.2) is 0 Å². The van der Waals surface area contributed by atoms with Crippen LogP contribution in [0.15, 0.2) is 28.7 Å². The van der Waals surface area contributed by atoms with Crippen molar-refractivity contribution in [2.24, 2.45) is 0 Å². The molecule has 1 aromatic rings. The van der Waals surface area contributed by atoms with Crippen LogP contribution in [0.2, 0.25) is 0 Å². The summed E-state index contributed by atoms with van der Waals surface area (Å²) in [4.78, 5) is 71.1. The summed E-state index contributed by atoms with van der Waals surface area (Å²) in [5.74, 6) is -2.22. The summed E-state index contributed by atoms with van der Waals surface area (Å²) in [6.45, 7) is 25.4. The Hall–Kier alpha value is -3.27. The fourth-order valence-electron chi connectivity index (χ4n) is 5.09. The summed E-state index contributed by atoms with van der Waals surface area (Å²) in [6.07, 6.45) is 0. The van der Waals surface area contributed by atoms with Crippen LogP contribution in [0.25, 0.3) is 0 Å². The van der Waals surface area contributed by atoms with Gasteiger partial charge in [0, 0.05) is 24.1 Å². The normalized spacial score (nSPS) is 13.3. The van der Waals surface area contributed by atoms with E-state index in [9.17, 15) is 24.0 Å². The lowest BCUT2D eigenvalue weighted by molar-refractivity contribution is -0.163. The number of halogens is 1. The average Bonchev–Trinajstić information content (AvgIpc) is 2.93. The smallest absolute Gasteiger partial charge is 0.320 e. The predicted molar refractivity (Wildman–Crippen MR) is 217 cm³/mol. The minimum absolute atomic E-state index is 0.0163. The summed E-state index contributed by atoms with van der Waals surface area (Å²) in [7, 11) is 0. The van der Waals surface area contributed by atoms with E-state index in [4.69, 9.17) is 28.4 Å². The molecule has 15 heteroatoms. The molecule has 0 spiro atoms. The molecule has 0 aliphatic carbocycles. The van der Waals surface area contributed by atoms with Crippen molar-refractivity contribution in [2.45, 2.75) is 138 Å². The Morgan fingerprint density at radius 1 is 0.500 bits per heavy atom. The molecule has 1 atom stereocenters. The summed E-state index contributed by atoms with van der Waals surface area (Å²) in [5.41, 5.74) is -3.90. The van der Waals surface area contributed by atoms with E-state index >= 15 is 0 Å². The maximum atomic E-state index is 13.4. The third-order valence-corrected chi connectivity index (χ3v) is 7.33. The molecule has 14 nitrogen and oxygen atoms in total. The molecule has 0 aromatic heterocycles. The quantitative estimate of drug-likeness (QED) is 0.122. The standard InChI is InChI=1S/C41H68BrN3O11/c1-37(2,3)52-32(46)23-43(20-21-44(24-33(47)53-38(4,5)6)25-34(48)54-39(7,8)9)22-30(28-51-31-18-16-29(42)17-19-31)45(26-35(49)55-40(10,11)12)27-36(50)56-41(13,14)15/h16-19,30H,20-28H2,1-15H3/t30-/m1/s1. The first-order valence-corrected chi connectivity index (χ1v) is 19.7. The van der Waals surface area contributed by atoms with Gasteiger partial charge >= 0.3 is 29.8 Å². The Labute approximate surface area is 343 Å². The van der Waals surface area contributed by atoms with E-state index in [0.29, 0.717) is 5.75 Å². The number of rotatable bonds is 19. The Morgan fingerprint density at radius 3 is 1.14 bits per heavy atom. The zero-order chi connectivity index (χ0) is 43.3. The number of esters is 5. The Morgan fingerprint density at radius 2 is 0.804 bits per heavy atom. The topological polar surface area (TPSA) is 150 Å². The van der Waals surface area contributed by atoms with E-state index < -0.39 is 63.9 Å². The van der Waals surface area contributed by atoms with E-state index in [2.05, 4.69) is 15.9 Å². The van der Waals surface area contributed by atoms with Crippen molar-refractivity contribution in [1.29, 1.82) is 0 Å². The van der Waals surface area contributed by atoms with Gasteiger partial charge in [-0.2, -0.15) is 0 Å². The highest BCUT2D eigenvalue weighted by Crippen LogP contribution is 2.19. The summed E-state index contributed by atoms with van der Waals surface area (Å²) < 4.78 is 35.2. The van der Waals surface area contributed by atoms with Gasteiger partial charge in [0.15, 0.2) is 0 Å². The van der Waals surface area contributed by atoms with Crippen molar-refractivity contribution in [3.8, 4) is 5.75 Å². The largest absolute Gasteiger partial charge is 0.492 e. The Kier molecular flexibility index (Phi) is 19.5. The molecule has 0 radical (unpaired) electrons. The predicted octanol–water partition coefficient (Wildman–Crippen LogP) is 5.81. The maximum Gasteiger partial charge on any atom is 0.320 e. The molecule has 0 saturated carbocycles. The van der Waals surface area contributed by atoms with Crippen molar-refractivity contribution in [1.82, 2.24) is 14.7 Å². The summed E-state index contributed by atoms with van der Waals surface area (Å²) in [5, 5.41) is 0. The van der Waals surface area contributed by atoms with Crippen LogP contribution in [0.4, 0.5) is 0 Å². The number of benzene rings is 1. The first kappa shape index (κ1) is 50.7. The molecule has 0 bridgehead atoms. The van der Waals surface area contributed by atoms with Gasteiger partial charge in [0.1, 0.15) is 40.4 Å². The molecule has 1 aromatic carbocycles. The van der Waals surface area contributed by atoms with Gasteiger partial charge in [-0.15, -0.1) is 0 Å². The van der Waals surface area contributed by atoms with E-state index in [1.165, 1.54) is 0 Å². The van der Waals surface area contributed by atoms with Crippen LogP contribution in [0, 0.1) is 0 Å². The molecule has 0 aliphatic heterocycles. The lowest BCUT2D eigenvalue weighted by Gasteiger charge is -2.36. The second-order valence-corrected chi connectivity index (χ2v) is 19.6. The molecule has 0 heterocycles. The second kappa shape index (κ2) is 21.5. The highest BCUT2D eigenvalue weighted by Gasteiger charge is 2.32. The van der Waals surface area contributed by atoms with Crippen LogP contribution in [0.5, 0.6) is 5.75 Å². The lowest BCUT2D eigenvalue weighted by Crippen LogP contribution is -2.54. The number of hydrogen-bond donors (Lipinski definition) is 0. The fraction of sp³-hybridized carbons (Fsp3) is 0.732. The SMILES string of the molecule is CC(C)(C)OC(=O)CN(CCN(CC(=O)OC(C)(C)C)C[C@H](COc1ccc(Br)cc1)N(CC(=O)OC(C)(C)C)CC(=O)OC(C)(C)C)CC(=O)OC(C)(C)C. The molecule has 56 heavy (non-hydrogen) atoms. The zero-order valence-electron chi connectivity index (χ0n) is 36.5. The van der Waals surface area contributed by atoms with Crippen LogP contribution >= 0.6 is 15.9 Å². The van der Waals surface area contributed by atoms with Crippen molar-refractivity contribution in [3.63, 3.8) is 0 Å². The molecule has 0 saturated heterocycles. The number of carbonyl (C=O) groups excluding carboxylic acids is 5. The van der Waals surface area contributed by atoms with E-state index in [1.54, 1.807) is 131 Å². The third-order valence-electron chi connectivity index (χ3n) is 6.80. The van der Waals surface area contributed by atoms with E-state index in [-0.39, 0.29) is 59.0 Å². The van der Waals surface area contributed by atoms with Crippen LogP contribution in [0.1, 0.15) is 104 Å². The van der Waals surface area contributed by atoms with Crippen LogP contribution in [0.3, 0.4) is 0 Å². The Balaban J connectivity index is 3.69. The lowest BCUT2D eigenvalue weighted by atomic mass is 10.2. The van der Waals surface area contributed by atoms with E-state index in [0.717, 1.165) is 4.47 Å². The van der Waals surface area contributed by atoms with Gasteiger partial charge in [-0.1, -0.05) is 15.9 Å². The van der Waals surface area contributed by atoms with Crippen LogP contribution < -0.4 is 4.74 Å². The van der Waals surface area contributed by atoms with Crippen LogP contribution in [-0.4, -0.2) is 138 Å². The van der Waals surface area contributed by atoms with E-state index in [1.807, 2.05) is 12.1 Å². The molecular weight excluding hydrogens is 790 g/mol. The minimum atomic E-state index is -0.799. The van der Waals surface area contributed by atoms with Gasteiger partial charge < -0.3 is 28.4 Å².